The Hall–Kier alpha value is -3.42. The Morgan fingerprint density at radius 3 is 1.46 bits per heavy atom. The summed E-state index contributed by atoms with van der Waals surface area (Å²) in [6.45, 7) is 2.86. The SMILES string of the molecule is COc1cc(NC(C)=O)ccc1N=Nc1ccc(NC(C)=O)cc1OC. The van der Waals surface area contributed by atoms with Crippen molar-refractivity contribution in [3.05, 3.63) is 36.4 Å². The van der Waals surface area contributed by atoms with Gasteiger partial charge in [0.05, 0.1) is 14.2 Å². The van der Waals surface area contributed by atoms with Crippen LogP contribution in [0.3, 0.4) is 0 Å². The van der Waals surface area contributed by atoms with E-state index < -0.39 is 0 Å². The zero-order chi connectivity index (χ0) is 19.1. The van der Waals surface area contributed by atoms with Gasteiger partial charge in [-0.25, -0.2) is 0 Å². The van der Waals surface area contributed by atoms with Crippen LogP contribution >= 0.6 is 0 Å². The third-order valence-corrected chi connectivity index (χ3v) is 3.27. The summed E-state index contributed by atoms with van der Waals surface area (Å²) in [7, 11) is 3.02. The van der Waals surface area contributed by atoms with Gasteiger partial charge in [-0.3, -0.25) is 9.59 Å². The van der Waals surface area contributed by atoms with E-state index in [-0.39, 0.29) is 11.8 Å². The highest BCUT2D eigenvalue weighted by Gasteiger charge is 2.08. The van der Waals surface area contributed by atoms with Crippen LogP contribution in [0.2, 0.25) is 0 Å². The Bertz CT molecular complexity index is 780. The summed E-state index contributed by atoms with van der Waals surface area (Å²) in [6.07, 6.45) is 0. The molecular weight excluding hydrogens is 336 g/mol. The number of anilines is 2. The predicted octanol–water partition coefficient (Wildman–Crippen LogP) is 4.04. The number of carbonyl (C=O) groups excluding carboxylic acids is 2. The average molecular weight is 356 g/mol. The molecule has 0 aliphatic rings. The van der Waals surface area contributed by atoms with Gasteiger partial charge in [-0.1, -0.05) is 0 Å². The van der Waals surface area contributed by atoms with Gasteiger partial charge in [-0.15, -0.1) is 10.2 Å². The first kappa shape index (κ1) is 18.9. The molecule has 0 spiro atoms. The standard InChI is InChI=1S/C18H20N4O4/c1-11(23)19-13-5-7-15(17(9-13)25-3)21-22-16-8-6-14(20-12(2)24)10-18(16)26-4/h5-10H,1-4H3,(H,19,23)(H,20,24). The van der Waals surface area contributed by atoms with Crippen LogP contribution < -0.4 is 20.1 Å². The Morgan fingerprint density at radius 1 is 0.769 bits per heavy atom. The van der Waals surface area contributed by atoms with Crippen molar-refractivity contribution in [1.82, 2.24) is 0 Å². The summed E-state index contributed by atoms with van der Waals surface area (Å²) in [6, 6.07) is 10.1. The molecule has 0 heterocycles. The lowest BCUT2D eigenvalue weighted by atomic mass is 10.2. The van der Waals surface area contributed by atoms with E-state index in [1.807, 2.05) is 0 Å². The van der Waals surface area contributed by atoms with Crippen molar-refractivity contribution in [2.75, 3.05) is 24.9 Å². The number of rotatable bonds is 6. The van der Waals surface area contributed by atoms with Crippen LogP contribution in [0.4, 0.5) is 22.7 Å². The summed E-state index contributed by atoms with van der Waals surface area (Å²) in [5, 5.41) is 13.7. The number of hydrogen-bond donors (Lipinski definition) is 2. The number of carbonyl (C=O) groups is 2. The van der Waals surface area contributed by atoms with Gasteiger partial charge in [0.2, 0.25) is 11.8 Å². The van der Waals surface area contributed by atoms with Crippen molar-refractivity contribution in [3.8, 4) is 11.5 Å². The molecule has 0 saturated carbocycles. The highest BCUT2D eigenvalue weighted by Crippen LogP contribution is 2.35. The van der Waals surface area contributed by atoms with E-state index in [1.165, 1.54) is 28.1 Å². The van der Waals surface area contributed by atoms with E-state index in [0.29, 0.717) is 34.2 Å². The lowest BCUT2D eigenvalue weighted by Gasteiger charge is -2.09. The van der Waals surface area contributed by atoms with Crippen molar-refractivity contribution < 1.29 is 19.1 Å². The lowest BCUT2D eigenvalue weighted by Crippen LogP contribution is -2.05. The molecule has 2 amide bonds. The molecule has 0 aliphatic carbocycles. The molecule has 2 rings (SSSR count). The summed E-state index contributed by atoms with van der Waals surface area (Å²) in [4.78, 5) is 22.3. The van der Waals surface area contributed by atoms with Crippen LogP contribution in [0.5, 0.6) is 11.5 Å². The van der Waals surface area contributed by atoms with Gasteiger partial charge < -0.3 is 20.1 Å². The van der Waals surface area contributed by atoms with E-state index in [1.54, 1.807) is 36.4 Å². The quantitative estimate of drug-likeness (QED) is 0.763. The Labute approximate surface area is 151 Å². The highest BCUT2D eigenvalue weighted by molar-refractivity contribution is 5.90. The molecule has 0 atom stereocenters. The number of methoxy groups -OCH3 is 2. The van der Waals surface area contributed by atoms with Crippen molar-refractivity contribution in [3.63, 3.8) is 0 Å². The number of nitrogens with zero attached hydrogens (tertiary/aromatic N) is 2. The lowest BCUT2D eigenvalue weighted by molar-refractivity contribution is -0.115. The minimum absolute atomic E-state index is 0.176. The monoisotopic (exact) mass is 356 g/mol. The van der Waals surface area contributed by atoms with E-state index in [0.717, 1.165) is 0 Å². The van der Waals surface area contributed by atoms with Crippen LogP contribution in [0.15, 0.2) is 46.6 Å². The Kier molecular flexibility index (Phi) is 6.26. The van der Waals surface area contributed by atoms with E-state index in [9.17, 15) is 9.59 Å². The predicted molar refractivity (Wildman–Crippen MR) is 98.8 cm³/mol. The van der Waals surface area contributed by atoms with Crippen LogP contribution in [0.1, 0.15) is 13.8 Å². The second kappa shape index (κ2) is 8.61. The fourth-order valence-electron chi connectivity index (χ4n) is 2.19. The van der Waals surface area contributed by atoms with Crippen LogP contribution in [-0.2, 0) is 9.59 Å². The fourth-order valence-corrected chi connectivity index (χ4v) is 2.19. The van der Waals surface area contributed by atoms with Gasteiger partial charge in [0.15, 0.2) is 0 Å². The minimum atomic E-state index is -0.176. The molecule has 8 nitrogen and oxygen atoms in total. The Balaban J connectivity index is 2.28. The van der Waals surface area contributed by atoms with Crippen LogP contribution in [0, 0.1) is 0 Å². The zero-order valence-corrected chi connectivity index (χ0v) is 15.0. The van der Waals surface area contributed by atoms with Crippen molar-refractivity contribution in [2.45, 2.75) is 13.8 Å². The van der Waals surface area contributed by atoms with Gasteiger partial charge in [-0.2, -0.15) is 0 Å². The molecular formula is C18H20N4O4. The molecule has 2 N–H and O–H groups in total. The van der Waals surface area contributed by atoms with Gasteiger partial charge in [-0.05, 0) is 24.3 Å². The molecule has 0 unspecified atom stereocenters. The van der Waals surface area contributed by atoms with Gasteiger partial charge in [0.25, 0.3) is 0 Å². The molecule has 0 aromatic heterocycles. The molecule has 8 heteroatoms. The smallest absolute Gasteiger partial charge is 0.221 e. The molecule has 0 fully saturated rings. The maximum Gasteiger partial charge on any atom is 0.221 e. The Morgan fingerprint density at radius 2 is 1.15 bits per heavy atom. The second-order valence-electron chi connectivity index (χ2n) is 5.34. The van der Waals surface area contributed by atoms with E-state index in [4.69, 9.17) is 9.47 Å². The molecule has 2 aromatic carbocycles. The second-order valence-corrected chi connectivity index (χ2v) is 5.34. The average Bonchev–Trinajstić information content (AvgIpc) is 2.60. The van der Waals surface area contributed by atoms with Crippen molar-refractivity contribution >= 4 is 34.6 Å². The number of ether oxygens (including phenoxy) is 2. The maximum atomic E-state index is 11.1. The van der Waals surface area contributed by atoms with E-state index >= 15 is 0 Å². The molecule has 136 valence electrons. The zero-order valence-electron chi connectivity index (χ0n) is 15.0. The highest BCUT2D eigenvalue weighted by atomic mass is 16.5. The molecule has 0 bridgehead atoms. The number of nitrogens with one attached hydrogen (secondary N) is 2. The van der Waals surface area contributed by atoms with Gasteiger partial charge in [0, 0.05) is 37.4 Å². The first-order chi connectivity index (χ1) is 12.4. The first-order valence-electron chi connectivity index (χ1n) is 7.76. The number of hydrogen-bond acceptors (Lipinski definition) is 6. The van der Waals surface area contributed by atoms with Gasteiger partial charge in [0.1, 0.15) is 22.9 Å². The van der Waals surface area contributed by atoms with E-state index in [2.05, 4.69) is 20.9 Å². The molecule has 0 radical (unpaired) electrons. The summed E-state index contributed by atoms with van der Waals surface area (Å²) < 4.78 is 10.6. The summed E-state index contributed by atoms with van der Waals surface area (Å²) in [5.74, 6) is 0.582. The third-order valence-electron chi connectivity index (χ3n) is 3.27. The summed E-state index contributed by atoms with van der Waals surface area (Å²) >= 11 is 0. The number of azo groups is 1. The molecule has 0 saturated heterocycles. The van der Waals surface area contributed by atoms with Crippen molar-refractivity contribution in [1.29, 1.82) is 0 Å². The first-order valence-corrected chi connectivity index (χ1v) is 7.76. The van der Waals surface area contributed by atoms with Crippen molar-refractivity contribution in [2.24, 2.45) is 10.2 Å². The molecule has 2 aromatic rings. The normalized spacial score (nSPS) is 10.5. The number of amides is 2. The summed E-state index contributed by atoms with van der Waals surface area (Å²) in [5.41, 5.74) is 2.19. The fraction of sp³-hybridized carbons (Fsp3) is 0.222. The maximum absolute atomic E-state index is 11.1. The largest absolute Gasteiger partial charge is 0.494 e. The minimum Gasteiger partial charge on any atom is -0.494 e. The third kappa shape index (κ3) is 5.04. The van der Waals surface area contributed by atoms with Crippen LogP contribution in [-0.4, -0.2) is 26.0 Å². The topological polar surface area (TPSA) is 101 Å². The van der Waals surface area contributed by atoms with Gasteiger partial charge >= 0.3 is 0 Å². The molecule has 26 heavy (non-hydrogen) atoms. The van der Waals surface area contributed by atoms with Crippen LogP contribution in [0.25, 0.3) is 0 Å². The number of benzene rings is 2. The molecule has 0 aliphatic heterocycles.